The van der Waals surface area contributed by atoms with Gasteiger partial charge in [-0.1, -0.05) is 12.0 Å². The topological polar surface area (TPSA) is 53.3 Å². The van der Waals surface area contributed by atoms with Gasteiger partial charge in [0.15, 0.2) is 0 Å². The van der Waals surface area contributed by atoms with Crippen LogP contribution in [0.5, 0.6) is 0 Å². The van der Waals surface area contributed by atoms with Crippen LogP contribution in [0.2, 0.25) is 0 Å². The van der Waals surface area contributed by atoms with E-state index in [0.717, 1.165) is 17.9 Å². The van der Waals surface area contributed by atoms with Crippen LogP contribution in [0.1, 0.15) is 45.1 Å². The van der Waals surface area contributed by atoms with E-state index in [0.29, 0.717) is 6.04 Å². The average Bonchev–Trinajstić information content (AvgIpc) is 3.16. The molecule has 0 bridgehead atoms. The molecule has 0 aromatic carbocycles. The standard InChI is InChI=1S/C15H21BN2O2/c1-14(2)15(3,4)20-16(19-14)9-8-11-6-5-7-12(18-11)13-10-17-13/h5-9,13,17H,10H2,1-4H3/b9-8+/t13-/m0/s1. The van der Waals surface area contributed by atoms with Crippen molar-refractivity contribution in [3.63, 3.8) is 0 Å². The molecular formula is C15H21BN2O2. The molecule has 0 aliphatic carbocycles. The Bertz CT molecular complexity index is 522. The quantitative estimate of drug-likeness (QED) is 0.678. The van der Waals surface area contributed by atoms with Crippen molar-refractivity contribution in [1.82, 2.24) is 10.3 Å². The Hall–Kier alpha value is -1.17. The fraction of sp³-hybridized carbons (Fsp3) is 0.533. The highest BCUT2D eigenvalue weighted by Crippen LogP contribution is 2.37. The molecule has 20 heavy (non-hydrogen) atoms. The molecule has 0 saturated carbocycles. The van der Waals surface area contributed by atoms with Gasteiger partial charge in [0.1, 0.15) is 0 Å². The molecular weight excluding hydrogens is 251 g/mol. The van der Waals surface area contributed by atoms with Crippen molar-refractivity contribution < 1.29 is 9.31 Å². The van der Waals surface area contributed by atoms with E-state index in [1.165, 1.54) is 0 Å². The van der Waals surface area contributed by atoms with Crippen molar-refractivity contribution in [3.05, 3.63) is 35.6 Å². The van der Waals surface area contributed by atoms with Crippen LogP contribution in [0.4, 0.5) is 0 Å². The smallest absolute Gasteiger partial charge is 0.400 e. The first-order valence-corrected chi connectivity index (χ1v) is 7.12. The van der Waals surface area contributed by atoms with Gasteiger partial charge in [0.2, 0.25) is 0 Å². The molecule has 0 amide bonds. The van der Waals surface area contributed by atoms with Crippen LogP contribution in [-0.4, -0.2) is 29.8 Å². The zero-order chi connectivity index (χ0) is 14.4. The van der Waals surface area contributed by atoms with Crippen LogP contribution in [-0.2, 0) is 9.31 Å². The summed E-state index contributed by atoms with van der Waals surface area (Å²) in [6, 6.07) is 6.51. The molecule has 2 saturated heterocycles. The summed E-state index contributed by atoms with van der Waals surface area (Å²) < 4.78 is 11.9. The Kier molecular flexibility index (Phi) is 3.24. The second-order valence-electron chi connectivity index (χ2n) is 6.43. The maximum Gasteiger partial charge on any atom is 0.487 e. The third-order valence-corrected chi connectivity index (χ3v) is 4.25. The van der Waals surface area contributed by atoms with Crippen molar-refractivity contribution in [1.29, 1.82) is 0 Å². The Balaban J connectivity index is 1.70. The first kappa shape index (κ1) is 13.8. The lowest BCUT2D eigenvalue weighted by Gasteiger charge is -2.32. The third kappa shape index (κ3) is 2.66. The van der Waals surface area contributed by atoms with E-state index in [9.17, 15) is 0 Å². The Morgan fingerprint density at radius 3 is 2.50 bits per heavy atom. The van der Waals surface area contributed by atoms with E-state index in [1.54, 1.807) is 0 Å². The second-order valence-corrected chi connectivity index (χ2v) is 6.43. The average molecular weight is 272 g/mol. The monoisotopic (exact) mass is 272 g/mol. The van der Waals surface area contributed by atoms with Gasteiger partial charge in [-0.25, -0.2) is 0 Å². The normalized spacial score (nSPS) is 27.2. The van der Waals surface area contributed by atoms with Crippen LogP contribution in [0.15, 0.2) is 24.2 Å². The molecule has 1 aromatic rings. The van der Waals surface area contributed by atoms with Crippen LogP contribution in [0.25, 0.3) is 6.08 Å². The zero-order valence-corrected chi connectivity index (χ0v) is 12.5. The largest absolute Gasteiger partial charge is 0.487 e. The van der Waals surface area contributed by atoms with E-state index in [4.69, 9.17) is 9.31 Å². The van der Waals surface area contributed by atoms with E-state index in [1.807, 2.05) is 24.2 Å². The molecule has 5 heteroatoms. The molecule has 1 N–H and O–H groups in total. The maximum atomic E-state index is 5.93. The molecule has 1 atom stereocenters. The summed E-state index contributed by atoms with van der Waals surface area (Å²) in [5.74, 6) is 1.93. The molecule has 2 fully saturated rings. The predicted octanol–water partition coefficient (Wildman–Crippen LogP) is 2.37. The van der Waals surface area contributed by atoms with E-state index >= 15 is 0 Å². The Labute approximate surface area is 120 Å². The van der Waals surface area contributed by atoms with E-state index < -0.39 is 0 Å². The van der Waals surface area contributed by atoms with Crippen LogP contribution in [0.3, 0.4) is 0 Å². The summed E-state index contributed by atoms with van der Waals surface area (Å²) in [4.78, 5) is 4.61. The van der Waals surface area contributed by atoms with Crippen LogP contribution >= 0.6 is 0 Å². The van der Waals surface area contributed by atoms with Gasteiger partial charge < -0.3 is 14.6 Å². The number of nitrogens with zero attached hydrogens (tertiary/aromatic N) is 1. The molecule has 3 rings (SSSR count). The molecule has 4 nitrogen and oxygen atoms in total. The first-order chi connectivity index (χ1) is 9.37. The third-order valence-electron chi connectivity index (χ3n) is 4.25. The highest BCUT2D eigenvalue weighted by atomic mass is 16.7. The summed E-state index contributed by atoms with van der Waals surface area (Å²) in [5.41, 5.74) is 1.44. The van der Waals surface area contributed by atoms with Gasteiger partial charge in [0.25, 0.3) is 0 Å². The molecule has 2 aliphatic heterocycles. The number of hydrogen-bond donors (Lipinski definition) is 1. The molecule has 106 valence electrons. The lowest BCUT2D eigenvalue weighted by atomic mass is 9.89. The van der Waals surface area contributed by atoms with Gasteiger partial charge in [-0.05, 0) is 45.9 Å². The van der Waals surface area contributed by atoms with Gasteiger partial charge in [-0.3, -0.25) is 4.98 Å². The molecule has 1 aromatic heterocycles. The summed E-state index contributed by atoms with van der Waals surface area (Å²) in [7, 11) is -0.315. The lowest BCUT2D eigenvalue weighted by molar-refractivity contribution is 0.00578. The minimum atomic E-state index is -0.315. The number of aromatic nitrogens is 1. The number of nitrogens with one attached hydrogen (secondary N) is 1. The fourth-order valence-electron chi connectivity index (χ4n) is 2.17. The number of pyridine rings is 1. The number of hydrogen-bond acceptors (Lipinski definition) is 4. The van der Waals surface area contributed by atoms with Crippen molar-refractivity contribution in [2.24, 2.45) is 0 Å². The minimum absolute atomic E-state index is 0.296. The van der Waals surface area contributed by atoms with Crippen LogP contribution in [0, 0.1) is 0 Å². The van der Waals surface area contributed by atoms with E-state index in [-0.39, 0.29) is 18.3 Å². The summed E-state index contributed by atoms with van der Waals surface area (Å²) >= 11 is 0. The van der Waals surface area contributed by atoms with Crippen molar-refractivity contribution in [3.8, 4) is 0 Å². The maximum absolute atomic E-state index is 5.93. The van der Waals surface area contributed by atoms with Crippen molar-refractivity contribution in [2.45, 2.75) is 44.9 Å². The number of rotatable bonds is 3. The molecule has 3 heterocycles. The SMILES string of the molecule is CC1(C)OB(/C=C/c2cccc([C@@H]3CN3)n2)OC1(C)C. The first-order valence-electron chi connectivity index (χ1n) is 7.12. The lowest BCUT2D eigenvalue weighted by Crippen LogP contribution is -2.41. The Morgan fingerprint density at radius 1 is 1.25 bits per heavy atom. The zero-order valence-electron chi connectivity index (χ0n) is 12.5. The summed E-state index contributed by atoms with van der Waals surface area (Å²) in [6.45, 7) is 9.24. The highest BCUT2D eigenvalue weighted by Gasteiger charge is 2.50. The highest BCUT2D eigenvalue weighted by molar-refractivity contribution is 6.52. The van der Waals surface area contributed by atoms with E-state index in [2.05, 4.69) is 44.1 Å². The second kappa shape index (κ2) is 4.69. The molecule has 2 aliphatic rings. The predicted molar refractivity (Wildman–Crippen MR) is 80.1 cm³/mol. The van der Waals surface area contributed by atoms with Crippen LogP contribution < -0.4 is 5.32 Å². The van der Waals surface area contributed by atoms with Gasteiger partial charge in [-0.2, -0.15) is 0 Å². The van der Waals surface area contributed by atoms with Gasteiger partial charge in [0, 0.05) is 6.54 Å². The molecule has 0 spiro atoms. The van der Waals surface area contributed by atoms with Gasteiger partial charge in [0.05, 0.1) is 28.6 Å². The summed E-state index contributed by atoms with van der Waals surface area (Å²) in [5, 5.41) is 3.26. The van der Waals surface area contributed by atoms with Gasteiger partial charge in [-0.15, -0.1) is 0 Å². The van der Waals surface area contributed by atoms with Crippen molar-refractivity contribution in [2.75, 3.05) is 6.54 Å². The Morgan fingerprint density at radius 2 is 1.90 bits per heavy atom. The summed E-state index contributed by atoms with van der Waals surface area (Å²) in [6.07, 6.45) is 1.97. The molecule has 0 radical (unpaired) electrons. The molecule has 0 unspecified atom stereocenters. The van der Waals surface area contributed by atoms with Gasteiger partial charge >= 0.3 is 7.12 Å². The minimum Gasteiger partial charge on any atom is -0.400 e. The van der Waals surface area contributed by atoms with Crippen molar-refractivity contribution >= 4 is 13.2 Å². The fourth-order valence-corrected chi connectivity index (χ4v) is 2.17.